The summed E-state index contributed by atoms with van der Waals surface area (Å²) < 4.78 is 7.45. The number of hydrogen-bond donors (Lipinski definition) is 1. The van der Waals surface area contributed by atoms with Gasteiger partial charge in [0.05, 0.1) is 24.5 Å². The molecule has 0 saturated carbocycles. The standard InChI is InChI=1S/C27H28N4O2S/c32-27(28-17-21-6-5-7-22(16-21)18-30-12-14-33-15-13-30)24-8-1-2-9-25(24)34-20-23-19-31-11-4-3-10-26(31)29-23/h1-11,16,19H,12-15,17-18,20H2,(H,28,32). The van der Waals surface area contributed by atoms with E-state index < -0.39 is 0 Å². The number of pyridine rings is 1. The van der Waals surface area contributed by atoms with Crippen LogP contribution in [0.25, 0.3) is 5.65 Å². The Balaban J connectivity index is 1.20. The van der Waals surface area contributed by atoms with E-state index in [1.54, 1.807) is 11.8 Å². The summed E-state index contributed by atoms with van der Waals surface area (Å²) in [5.41, 5.74) is 4.98. The Kier molecular flexibility index (Phi) is 7.24. The predicted octanol–water partition coefficient (Wildman–Crippen LogP) is 4.39. The van der Waals surface area contributed by atoms with Crippen molar-refractivity contribution >= 4 is 23.3 Å². The van der Waals surface area contributed by atoms with Gasteiger partial charge in [-0.05, 0) is 35.4 Å². The fourth-order valence-electron chi connectivity index (χ4n) is 4.12. The maximum atomic E-state index is 13.0. The number of carbonyl (C=O) groups is 1. The molecule has 2 aromatic carbocycles. The second-order valence-electron chi connectivity index (χ2n) is 8.37. The third-order valence-electron chi connectivity index (χ3n) is 5.88. The van der Waals surface area contributed by atoms with E-state index in [1.165, 1.54) is 5.56 Å². The third kappa shape index (κ3) is 5.67. The molecule has 34 heavy (non-hydrogen) atoms. The lowest BCUT2D eigenvalue weighted by molar-refractivity contribution is 0.0342. The lowest BCUT2D eigenvalue weighted by atomic mass is 10.1. The van der Waals surface area contributed by atoms with Gasteiger partial charge in [0.25, 0.3) is 5.91 Å². The largest absolute Gasteiger partial charge is 0.379 e. The summed E-state index contributed by atoms with van der Waals surface area (Å²) in [7, 11) is 0. The molecule has 3 heterocycles. The van der Waals surface area contributed by atoms with Crippen LogP contribution in [0, 0.1) is 0 Å². The quantitative estimate of drug-likeness (QED) is 0.386. The van der Waals surface area contributed by atoms with E-state index in [1.807, 2.05) is 59.3 Å². The van der Waals surface area contributed by atoms with Crippen LogP contribution in [0.3, 0.4) is 0 Å². The zero-order chi connectivity index (χ0) is 23.2. The molecule has 2 aromatic heterocycles. The number of nitrogens with one attached hydrogen (secondary N) is 1. The van der Waals surface area contributed by atoms with Crippen molar-refractivity contribution in [3.05, 3.63) is 102 Å². The fourth-order valence-corrected chi connectivity index (χ4v) is 5.06. The second kappa shape index (κ2) is 10.9. The Bertz CT molecular complexity index is 1230. The average Bonchev–Trinajstić information content (AvgIpc) is 3.30. The van der Waals surface area contributed by atoms with Crippen LogP contribution >= 0.6 is 11.8 Å². The molecule has 7 heteroatoms. The predicted molar refractivity (Wildman–Crippen MR) is 135 cm³/mol. The molecule has 1 aliphatic heterocycles. The number of amides is 1. The van der Waals surface area contributed by atoms with Crippen molar-refractivity contribution in [2.24, 2.45) is 0 Å². The number of benzene rings is 2. The number of fused-ring (bicyclic) bond motifs is 1. The van der Waals surface area contributed by atoms with Crippen molar-refractivity contribution in [1.82, 2.24) is 19.6 Å². The lowest BCUT2D eigenvalue weighted by Crippen LogP contribution is -2.35. The number of thioether (sulfide) groups is 1. The van der Waals surface area contributed by atoms with E-state index in [0.717, 1.165) is 54.6 Å². The van der Waals surface area contributed by atoms with Crippen molar-refractivity contribution in [3.8, 4) is 0 Å². The first kappa shape index (κ1) is 22.7. The molecule has 1 amide bonds. The third-order valence-corrected chi connectivity index (χ3v) is 6.98. The molecule has 1 fully saturated rings. The van der Waals surface area contributed by atoms with Gasteiger partial charge in [-0.2, -0.15) is 0 Å². The van der Waals surface area contributed by atoms with Crippen LogP contribution in [0.1, 0.15) is 27.2 Å². The molecular weight excluding hydrogens is 444 g/mol. The number of hydrogen-bond acceptors (Lipinski definition) is 5. The van der Waals surface area contributed by atoms with Crippen LogP contribution in [0.2, 0.25) is 0 Å². The Hall–Kier alpha value is -3.13. The number of imidazole rings is 1. The number of morpholine rings is 1. The van der Waals surface area contributed by atoms with Crippen LogP contribution in [-0.2, 0) is 23.6 Å². The average molecular weight is 473 g/mol. The Morgan fingerprint density at radius 2 is 1.82 bits per heavy atom. The van der Waals surface area contributed by atoms with E-state index in [4.69, 9.17) is 4.74 Å². The van der Waals surface area contributed by atoms with Gasteiger partial charge in [0.15, 0.2) is 0 Å². The topological polar surface area (TPSA) is 58.9 Å². The first-order chi connectivity index (χ1) is 16.7. The first-order valence-corrected chi connectivity index (χ1v) is 12.5. The van der Waals surface area contributed by atoms with Crippen LogP contribution in [0.15, 0.2) is 84.0 Å². The van der Waals surface area contributed by atoms with Crippen molar-refractivity contribution in [1.29, 1.82) is 0 Å². The van der Waals surface area contributed by atoms with Crippen molar-refractivity contribution in [3.63, 3.8) is 0 Å². The summed E-state index contributed by atoms with van der Waals surface area (Å²) in [6.07, 6.45) is 4.03. The minimum atomic E-state index is -0.0586. The highest BCUT2D eigenvalue weighted by Crippen LogP contribution is 2.26. The Morgan fingerprint density at radius 3 is 2.71 bits per heavy atom. The normalized spacial score (nSPS) is 14.4. The molecule has 1 aliphatic rings. The highest BCUT2D eigenvalue weighted by molar-refractivity contribution is 7.98. The van der Waals surface area contributed by atoms with Gasteiger partial charge in [0.2, 0.25) is 0 Å². The van der Waals surface area contributed by atoms with Gasteiger partial charge in [-0.25, -0.2) is 4.98 Å². The van der Waals surface area contributed by atoms with Gasteiger partial charge in [-0.1, -0.05) is 42.5 Å². The van der Waals surface area contributed by atoms with Crippen LogP contribution in [0.5, 0.6) is 0 Å². The highest BCUT2D eigenvalue weighted by Gasteiger charge is 2.13. The van der Waals surface area contributed by atoms with Gasteiger partial charge < -0.3 is 14.5 Å². The number of aromatic nitrogens is 2. The van der Waals surface area contributed by atoms with Crippen LogP contribution < -0.4 is 5.32 Å². The smallest absolute Gasteiger partial charge is 0.252 e. The number of ether oxygens (including phenoxy) is 1. The highest BCUT2D eigenvalue weighted by atomic mass is 32.2. The molecule has 0 aliphatic carbocycles. The Morgan fingerprint density at radius 1 is 1.00 bits per heavy atom. The molecule has 0 atom stereocenters. The summed E-state index contributed by atoms with van der Waals surface area (Å²) in [6, 6.07) is 22.2. The summed E-state index contributed by atoms with van der Waals surface area (Å²) in [5, 5.41) is 3.10. The summed E-state index contributed by atoms with van der Waals surface area (Å²) >= 11 is 1.63. The van der Waals surface area contributed by atoms with Gasteiger partial charge >= 0.3 is 0 Å². The van der Waals surface area contributed by atoms with Crippen molar-refractivity contribution in [2.75, 3.05) is 26.3 Å². The minimum absolute atomic E-state index is 0.0586. The second-order valence-corrected chi connectivity index (χ2v) is 9.39. The van der Waals surface area contributed by atoms with Gasteiger partial charge in [-0.15, -0.1) is 11.8 Å². The molecule has 4 aromatic rings. The van der Waals surface area contributed by atoms with Gasteiger partial charge in [-0.3, -0.25) is 9.69 Å². The molecule has 0 spiro atoms. The number of rotatable bonds is 8. The summed E-state index contributed by atoms with van der Waals surface area (Å²) in [4.78, 5) is 21.0. The Labute approximate surface area is 204 Å². The maximum absolute atomic E-state index is 13.0. The molecule has 1 N–H and O–H groups in total. The molecular formula is C27H28N4O2S. The van der Waals surface area contributed by atoms with E-state index >= 15 is 0 Å². The molecule has 1 saturated heterocycles. The SMILES string of the molecule is O=C(NCc1cccc(CN2CCOCC2)c1)c1ccccc1SCc1cn2ccccc2n1. The zero-order valence-corrected chi connectivity index (χ0v) is 19.8. The van der Waals surface area contributed by atoms with Crippen molar-refractivity contribution < 1.29 is 9.53 Å². The molecule has 5 rings (SSSR count). The zero-order valence-electron chi connectivity index (χ0n) is 19.0. The number of carbonyl (C=O) groups excluding carboxylic acids is 1. The van der Waals surface area contributed by atoms with E-state index in [0.29, 0.717) is 17.9 Å². The van der Waals surface area contributed by atoms with Crippen LogP contribution in [-0.4, -0.2) is 46.5 Å². The summed E-state index contributed by atoms with van der Waals surface area (Å²) in [5.74, 6) is 0.645. The lowest BCUT2D eigenvalue weighted by Gasteiger charge is -2.26. The fraction of sp³-hybridized carbons (Fsp3) is 0.259. The molecule has 0 radical (unpaired) electrons. The minimum Gasteiger partial charge on any atom is -0.379 e. The molecule has 0 bridgehead atoms. The number of nitrogens with zero attached hydrogens (tertiary/aromatic N) is 3. The maximum Gasteiger partial charge on any atom is 0.252 e. The monoisotopic (exact) mass is 472 g/mol. The van der Waals surface area contributed by atoms with Gasteiger partial charge in [0.1, 0.15) is 5.65 Å². The molecule has 6 nitrogen and oxygen atoms in total. The first-order valence-electron chi connectivity index (χ1n) is 11.6. The van der Waals surface area contributed by atoms with Crippen molar-refractivity contribution in [2.45, 2.75) is 23.7 Å². The molecule has 174 valence electrons. The summed E-state index contributed by atoms with van der Waals surface area (Å²) in [6.45, 7) is 4.93. The van der Waals surface area contributed by atoms with Crippen LogP contribution in [0.4, 0.5) is 0 Å². The molecule has 0 unspecified atom stereocenters. The van der Waals surface area contributed by atoms with E-state index in [2.05, 4.69) is 39.5 Å². The van der Waals surface area contributed by atoms with E-state index in [9.17, 15) is 4.79 Å². The van der Waals surface area contributed by atoms with Gasteiger partial charge in [0, 0.05) is 49.2 Å². The van der Waals surface area contributed by atoms with E-state index in [-0.39, 0.29) is 5.91 Å².